The van der Waals surface area contributed by atoms with Crippen molar-refractivity contribution in [1.29, 1.82) is 0 Å². The minimum absolute atomic E-state index is 0.0226. The second kappa shape index (κ2) is 5.57. The third-order valence-electron chi connectivity index (χ3n) is 2.87. The number of benzene rings is 1. The number of carbonyl (C=O) groups excluding carboxylic acids is 1. The van der Waals surface area contributed by atoms with Crippen LogP contribution in [0.4, 0.5) is 5.69 Å². The molecule has 1 aromatic carbocycles. The molecule has 1 fully saturated rings. The van der Waals surface area contributed by atoms with Gasteiger partial charge in [-0.15, -0.1) is 0 Å². The first kappa shape index (κ1) is 15.7. The summed E-state index contributed by atoms with van der Waals surface area (Å²) < 4.78 is 0.528. The van der Waals surface area contributed by atoms with Crippen molar-refractivity contribution in [3.8, 4) is 0 Å². The predicted octanol–water partition coefficient (Wildman–Crippen LogP) is 3.59. The Morgan fingerprint density at radius 3 is 2.29 bits per heavy atom. The number of nitrogens with zero attached hydrogens (tertiary/aromatic N) is 2. The molecule has 1 saturated heterocycles. The van der Waals surface area contributed by atoms with Crippen LogP contribution in [0.15, 0.2) is 29.2 Å². The highest BCUT2D eigenvalue weighted by molar-refractivity contribution is 8.26. The summed E-state index contributed by atoms with van der Waals surface area (Å²) in [6, 6.07) is 6.05. The van der Waals surface area contributed by atoms with Crippen LogP contribution >= 0.6 is 24.0 Å². The Bertz CT molecular complexity index is 645. The van der Waals surface area contributed by atoms with E-state index in [9.17, 15) is 14.9 Å². The molecular weight excluding hydrogens is 308 g/mol. The molecule has 0 spiro atoms. The van der Waals surface area contributed by atoms with Crippen molar-refractivity contribution in [2.75, 3.05) is 0 Å². The molecular formula is C14H14N2O3S2. The summed E-state index contributed by atoms with van der Waals surface area (Å²) in [7, 11) is 0. The smallest absolute Gasteiger partial charge is 0.269 e. The van der Waals surface area contributed by atoms with Crippen molar-refractivity contribution < 1.29 is 9.72 Å². The fourth-order valence-electron chi connectivity index (χ4n) is 1.89. The number of carbonyl (C=O) groups is 1. The van der Waals surface area contributed by atoms with E-state index < -0.39 is 4.92 Å². The third kappa shape index (κ3) is 3.30. The first-order valence-corrected chi connectivity index (χ1v) is 7.45. The highest BCUT2D eigenvalue weighted by Gasteiger charge is 2.38. The summed E-state index contributed by atoms with van der Waals surface area (Å²) in [4.78, 5) is 24.7. The fraction of sp³-hybridized carbons (Fsp3) is 0.286. The summed E-state index contributed by atoms with van der Waals surface area (Å²) in [5.41, 5.74) is 0.385. The Labute approximate surface area is 132 Å². The summed E-state index contributed by atoms with van der Waals surface area (Å²) >= 11 is 6.50. The van der Waals surface area contributed by atoms with Gasteiger partial charge in [0.15, 0.2) is 0 Å². The van der Waals surface area contributed by atoms with Crippen molar-refractivity contribution >= 4 is 46.0 Å². The maximum absolute atomic E-state index is 12.4. The van der Waals surface area contributed by atoms with E-state index in [-0.39, 0.29) is 17.1 Å². The van der Waals surface area contributed by atoms with Gasteiger partial charge in [-0.05, 0) is 44.5 Å². The molecule has 0 saturated carbocycles. The number of hydrogen-bond donors (Lipinski definition) is 0. The summed E-state index contributed by atoms with van der Waals surface area (Å²) in [5, 5.41) is 10.6. The van der Waals surface area contributed by atoms with E-state index in [0.29, 0.717) is 9.23 Å². The van der Waals surface area contributed by atoms with Gasteiger partial charge in [-0.1, -0.05) is 24.0 Å². The van der Waals surface area contributed by atoms with Crippen molar-refractivity contribution in [3.63, 3.8) is 0 Å². The molecule has 0 aliphatic carbocycles. The number of rotatable bonds is 2. The molecule has 0 atom stereocenters. The second-order valence-electron chi connectivity index (χ2n) is 5.54. The number of nitro groups is 1. The van der Waals surface area contributed by atoms with E-state index in [4.69, 9.17) is 12.2 Å². The average molecular weight is 322 g/mol. The van der Waals surface area contributed by atoms with Crippen molar-refractivity contribution in [2.24, 2.45) is 0 Å². The molecule has 110 valence electrons. The number of amides is 1. The van der Waals surface area contributed by atoms with Crippen LogP contribution in [0.2, 0.25) is 0 Å². The van der Waals surface area contributed by atoms with Crippen molar-refractivity contribution in [2.45, 2.75) is 26.3 Å². The van der Waals surface area contributed by atoms with Crippen LogP contribution in [0, 0.1) is 10.1 Å². The maximum atomic E-state index is 12.4. The maximum Gasteiger partial charge on any atom is 0.269 e. The van der Waals surface area contributed by atoms with E-state index in [0.717, 1.165) is 5.56 Å². The SMILES string of the molecule is CC(C)(C)N1C(=O)/C(=C\c2ccc([N+](=O)[O-])cc2)SC1=S. The lowest BCUT2D eigenvalue weighted by Gasteiger charge is -2.30. The van der Waals surface area contributed by atoms with E-state index in [1.54, 1.807) is 23.1 Å². The van der Waals surface area contributed by atoms with Crippen molar-refractivity contribution in [1.82, 2.24) is 4.90 Å². The number of thioether (sulfide) groups is 1. The molecule has 0 unspecified atom stereocenters. The fourth-order valence-corrected chi connectivity index (χ4v) is 3.53. The normalized spacial score (nSPS) is 17.7. The zero-order valence-electron chi connectivity index (χ0n) is 11.8. The minimum Gasteiger partial charge on any atom is -0.288 e. The highest BCUT2D eigenvalue weighted by atomic mass is 32.2. The molecule has 0 bridgehead atoms. The first-order valence-electron chi connectivity index (χ1n) is 6.22. The number of hydrogen-bond acceptors (Lipinski definition) is 5. The van der Waals surface area contributed by atoms with Gasteiger partial charge in [0.1, 0.15) is 4.32 Å². The lowest BCUT2D eigenvalue weighted by atomic mass is 10.1. The van der Waals surface area contributed by atoms with Gasteiger partial charge in [-0.25, -0.2) is 0 Å². The predicted molar refractivity (Wildman–Crippen MR) is 87.9 cm³/mol. The molecule has 1 heterocycles. The Morgan fingerprint density at radius 1 is 1.29 bits per heavy atom. The Balaban J connectivity index is 2.28. The van der Waals surface area contributed by atoms with Gasteiger partial charge in [0.05, 0.1) is 9.83 Å². The molecule has 1 aliphatic heterocycles. The Kier molecular flexibility index (Phi) is 4.15. The lowest BCUT2D eigenvalue weighted by Crippen LogP contribution is -2.44. The Morgan fingerprint density at radius 2 is 1.86 bits per heavy atom. The topological polar surface area (TPSA) is 63.5 Å². The number of thiocarbonyl (C=S) groups is 1. The van der Waals surface area contributed by atoms with E-state index in [1.165, 1.54) is 23.9 Å². The van der Waals surface area contributed by atoms with Gasteiger partial charge >= 0.3 is 0 Å². The standard InChI is InChI=1S/C14H14N2O3S2/c1-14(2,3)15-12(17)11(21-13(15)20)8-9-4-6-10(7-5-9)16(18)19/h4-8H,1-3H3/b11-8+. The molecule has 0 radical (unpaired) electrons. The molecule has 21 heavy (non-hydrogen) atoms. The van der Waals surface area contributed by atoms with Crippen molar-refractivity contribution in [3.05, 3.63) is 44.8 Å². The quantitative estimate of drug-likeness (QED) is 0.360. The highest BCUT2D eigenvalue weighted by Crippen LogP contribution is 2.36. The summed E-state index contributed by atoms with van der Waals surface area (Å²) in [5.74, 6) is -0.129. The van der Waals surface area contributed by atoms with Crippen LogP contribution in [-0.4, -0.2) is 25.6 Å². The second-order valence-corrected chi connectivity index (χ2v) is 7.21. The van der Waals surface area contributed by atoms with Crippen LogP contribution in [0.3, 0.4) is 0 Å². The van der Waals surface area contributed by atoms with E-state index in [2.05, 4.69) is 0 Å². The van der Waals surface area contributed by atoms with Crippen LogP contribution in [0.5, 0.6) is 0 Å². The monoisotopic (exact) mass is 322 g/mol. The Hall–Kier alpha value is -1.73. The molecule has 0 aromatic heterocycles. The van der Waals surface area contributed by atoms with Gasteiger partial charge in [0.25, 0.3) is 11.6 Å². The van der Waals surface area contributed by atoms with Gasteiger partial charge < -0.3 is 0 Å². The molecule has 1 amide bonds. The first-order chi connectivity index (χ1) is 9.70. The largest absolute Gasteiger partial charge is 0.288 e. The molecule has 2 rings (SSSR count). The van der Waals surface area contributed by atoms with Crippen LogP contribution in [0.1, 0.15) is 26.3 Å². The zero-order valence-corrected chi connectivity index (χ0v) is 13.5. The summed E-state index contributed by atoms with van der Waals surface area (Å²) in [6.07, 6.45) is 1.70. The average Bonchev–Trinajstić information content (AvgIpc) is 2.64. The van der Waals surface area contributed by atoms with Gasteiger partial charge in [-0.2, -0.15) is 0 Å². The van der Waals surface area contributed by atoms with Gasteiger partial charge in [0.2, 0.25) is 0 Å². The number of non-ortho nitro benzene ring substituents is 1. The molecule has 0 N–H and O–H groups in total. The lowest BCUT2D eigenvalue weighted by molar-refractivity contribution is -0.384. The molecule has 1 aliphatic rings. The van der Waals surface area contributed by atoms with E-state index >= 15 is 0 Å². The number of nitro benzene ring substituents is 1. The van der Waals surface area contributed by atoms with E-state index in [1.807, 2.05) is 20.8 Å². The molecule has 5 nitrogen and oxygen atoms in total. The summed E-state index contributed by atoms with van der Waals surface area (Å²) in [6.45, 7) is 5.77. The van der Waals surface area contributed by atoms with Gasteiger partial charge in [0, 0.05) is 17.7 Å². The molecule has 7 heteroatoms. The van der Waals surface area contributed by atoms with Crippen LogP contribution in [-0.2, 0) is 4.79 Å². The minimum atomic E-state index is -0.455. The third-order valence-corrected chi connectivity index (χ3v) is 4.17. The van der Waals surface area contributed by atoms with Gasteiger partial charge in [-0.3, -0.25) is 19.8 Å². The molecule has 1 aromatic rings. The zero-order chi connectivity index (χ0) is 15.8. The van der Waals surface area contributed by atoms with Crippen LogP contribution in [0.25, 0.3) is 6.08 Å². The van der Waals surface area contributed by atoms with Crippen LogP contribution < -0.4 is 0 Å².